The van der Waals surface area contributed by atoms with E-state index in [2.05, 4.69) is 26.6 Å². The van der Waals surface area contributed by atoms with Crippen molar-refractivity contribution < 1.29 is 28.7 Å². The molecule has 0 bridgehead atoms. The molecule has 2 aromatic heterocycles. The molecule has 1 saturated carbocycles. The maximum absolute atomic E-state index is 13.2. The first-order valence-corrected chi connectivity index (χ1v) is 18.8. The lowest BCUT2D eigenvalue weighted by atomic mass is 9.77. The number of amides is 2. The van der Waals surface area contributed by atoms with Gasteiger partial charge in [0.25, 0.3) is 17.4 Å². The number of carbonyl (C=O) groups excluding carboxylic acids is 4. The lowest BCUT2D eigenvalue weighted by Crippen LogP contribution is -2.47. The Kier molecular flexibility index (Phi) is 9.61. The third-order valence-electron chi connectivity index (χ3n) is 11.9. The predicted octanol–water partition coefficient (Wildman–Crippen LogP) is 4.24. The fourth-order valence-corrected chi connectivity index (χ4v) is 8.82. The predicted molar refractivity (Wildman–Crippen MR) is 205 cm³/mol. The molecule has 3 aliphatic heterocycles. The number of imide groups is 1. The SMILES string of the molecule is COc1cc(-c2cn(C)c(=O)c3cnccc23)cc(OC)c1CN1CCC2(CC1)CCN(CC#Cc1ccc3c(c1)C(=O)N(C1CCC(=O)CC1=O)C3=O)C2. The number of ether oxygens (including phenoxy) is 2. The van der Waals surface area contributed by atoms with E-state index in [1.54, 1.807) is 56.4 Å². The number of nitrogens with zero attached hydrogens (tertiary/aromatic N) is 5. The summed E-state index contributed by atoms with van der Waals surface area (Å²) >= 11 is 0. The number of rotatable bonds is 7. The molecule has 1 aliphatic carbocycles. The van der Waals surface area contributed by atoms with Crippen LogP contribution in [0.2, 0.25) is 0 Å². The zero-order valence-electron chi connectivity index (χ0n) is 31.4. The number of hydrogen-bond acceptors (Lipinski definition) is 10. The number of ketones is 2. The van der Waals surface area contributed by atoms with Gasteiger partial charge in [-0.3, -0.25) is 43.7 Å². The van der Waals surface area contributed by atoms with Gasteiger partial charge in [0.15, 0.2) is 5.78 Å². The highest BCUT2D eigenvalue weighted by molar-refractivity contribution is 6.23. The Hall–Kier alpha value is -5.64. The van der Waals surface area contributed by atoms with Gasteiger partial charge in [-0.15, -0.1) is 0 Å². The number of methoxy groups -OCH3 is 2. The first-order valence-electron chi connectivity index (χ1n) is 18.8. The minimum absolute atomic E-state index is 0.0960. The molecule has 4 aromatic rings. The number of benzene rings is 2. The van der Waals surface area contributed by atoms with Crippen LogP contribution < -0.4 is 15.0 Å². The second kappa shape index (κ2) is 14.5. The normalized spacial score (nSPS) is 19.9. The first-order chi connectivity index (χ1) is 26.6. The summed E-state index contributed by atoms with van der Waals surface area (Å²) < 4.78 is 13.5. The van der Waals surface area contributed by atoms with Crippen molar-refractivity contribution in [2.24, 2.45) is 12.5 Å². The molecule has 12 nitrogen and oxygen atoms in total. The molecule has 282 valence electrons. The van der Waals surface area contributed by atoms with Gasteiger partial charge in [-0.25, -0.2) is 0 Å². The summed E-state index contributed by atoms with van der Waals surface area (Å²) in [5, 5.41) is 1.38. The highest BCUT2D eigenvalue weighted by Crippen LogP contribution is 2.42. The molecule has 1 unspecified atom stereocenters. The van der Waals surface area contributed by atoms with Gasteiger partial charge in [0.05, 0.1) is 55.3 Å². The summed E-state index contributed by atoms with van der Waals surface area (Å²) in [6.45, 7) is 5.15. The molecule has 3 fully saturated rings. The lowest BCUT2D eigenvalue weighted by molar-refractivity contribution is -0.132. The summed E-state index contributed by atoms with van der Waals surface area (Å²) in [7, 11) is 5.10. The van der Waals surface area contributed by atoms with Crippen LogP contribution in [-0.4, -0.2) is 101 Å². The zero-order chi connectivity index (χ0) is 38.4. The van der Waals surface area contributed by atoms with Crippen molar-refractivity contribution in [2.45, 2.75) is 51.1 Å². The monoisotopic (exact) mass is 741 g/mol. The highest BCUT2D eigenvalue weighted by Gasteiger charge is 2.44. The molecule has 0 N–H and O–H groups in total. The van der Waals surface area contributed by atoms with Crippen molar-refractivity contribution in [1.82, 2.24) is 24.3 Å². The Labute approximate surface area is 319 Å². The number of aromatic nitrogens is 2. The molecule has 2 saturated heterocycles. The van der Waals surface area contributed by atoms with E-state index in [1.165, 1.54) is 0 Å². The average Bonchev–Trinajstić information content (AvgIpc) is 3.70. The summed E-state index contributed by atoms with van der Waals surface area (Å²) in [5.41, 5.74) is 4.11. The van der Waals surface area contributed by atoms with E-state index < -0.39 is 17.9 Å². The van der Waals surface area contributed by atoms with Crippen LogP contribution in [0.3, 0.4) is 0 Å². The van der Waals surface area contributed by atoms with Gasteiger partial charge in [0, 0.05) is 56.3 Å². The largest absolute Gasteiger partial charge is 0.496 e. The van der Waals surface area contributed by atoms with Gasteiger partial charge >= 0.3 is 0 Å². The summed E-state index contributed by atoms with van der Waals surface area (Å²) in [6.07, 6.45) is 8.55. The number of piperidine rings is 1. The van der Waals surface area contributed by atoms with Gasteiger partial charge in [-0.05, 0) is 98.1 Å². The number of fused-ring (bicyclic) bond motifs is 2. The Morgan fingerprint density at radius 2 is 1.56 bits per heavy atom. The quantitative estimate of drug-likeness (QED) is 0.154. The average molecular weight is 742 g/mol. The van der Waals surface area contributed by atoms with Crippen molar-refractivity contribution in [3.05, 3.63) is 87.6 Å². The van der Waals surface area contributed by atoms with Crippen molar-refractivity contribution in [2.75, 3.05) is 46.9 Å². The number of pyridine rings is 2. The third kappa shape index (κ3) is 6.72. The zero-order valence-corrected chi connectivity index (χ0v) is 31.4. The fraction of sp³-hybridized carbons (Fsp3) is 0.395. The first kappa shape index (κ1) is 36.3. The smallest absolute Gasteiger partial charge is 0.262 e. The van der Waals surface area contributed by atoms with Crippen molar-refractivity contribution >= 4 is 34.2 Å². The number of likely N-dealkylation sites (tertiary alicyclic amines) is 2. The molecular formula is C43H43N5O7. The molecule has 5 heterocycles. The van der Waals surface area contributed by atoms with E-state index in [-0.39, 0.29) is 52.9 Å². The minimum Gasteiger partial charge on any atom is -0.496 e. The Morgan fingerprint density at radius 1 is 0.855 bits per heavy atom. The Morgan fingerprint density at radius 3 is 2.27 bits per heavy atom. The topological polar surface area (TPSA) is 131 Å². The summed E-state index contributed by atoms with van der Waals surface area (Å²) in [4.78, 5) is 73.3. The Bertz CT molecular complexity index is 2360. The number of carbonyl (C=O) groups is 4. The second-order valence-corrected chi connectivity index (χ2v) is 15.3. The van der Waals surface area contributed by atoms with Crippen molar-refractivity contribution in [3.8, 4) is 34.5 Å². The van der Waals surface area contributed by atoms with E-state index in [0.29, 0.717) is 24.0 Å². The van der Waals surface area contributed by atoms with Crippen LogP contribution in [0.5, 0.6) is 11.5 Å². The fourth-order valence-electron chi connectivity index (χ4n) is 8.82. The van der Waals surface area contributed by atoms with E-state index in [1.807, 2.05) is 24.4 Å². The molecule has 2 aromatic carbocycles. The molecule has 8 rings (SSSR count). The van der Waals surface area contributed by atoms with Crippen LogP contribution in [-0.2, 0) is 23.2 Å². The van der Waals surface area contributed by atoms with E-state index in [0.717, 1.165) is 83.9 Å². The van der Waals surface area contributed by atoms with Crippen LogP contribution in [0.25, 0.3) is 21.9 Å². The molecule has 1 spiro atoms. The highest BCUT2D eigenvalue weighted by atomic mass is 16.5. The van der Waals surface area contributed by atoms with Gasteiger partial charge in [0.1, 0.15) is 17.3 Å². The molecule has 2 amide bonds. The summed E-state index contributed by atoms with van der Waals surface area (Å²) in [6, 6.07) is 10.0. The molecule has 0 radical (unpaired) electrons. The molecule has 1 atom stereocenters. The molecular weight excluding hydrogens is 699 g/mol. The molecule has 4 aliphatic rings. The maximum atomic E-state index is 13.2. The van der Waals surface area contributed by atoms with Crippen LogP contribution in [0.4, 0.5) is 0 Å². The van der Waals surface area contributed by atoms with Crippen molar-refractivity contribution in [3.63, 3.8) is 0 Å². The van der Waals surface area contributed by atoms with Crippen LogP contribution in [0.15, 0.2) is 59.8 Å². The van der Waals surface area contributed by atoms with E-state index in [4.69, 9.17) is 9.47 Å². The standard InChI is InChI=1S/C43H43N5O7/c1-45-24-34(30-10-14-44-23-33(30)40(45)51)28-20-38(54-2)35(39(21-28)55-3)25-46-16-11-43(12-17-46)13-18-47(26-43)15-4-5-27-6-8-31-32(19-27)42(53)48(41(31)52)36-9-7-29(49)22-37(36)50/h6,8,10,14,19-21,23-24,36H,7,9,11-13,15-18,22,25-26H2,1-3H3. The molecule has 55 heavy (non-hydrogen) atoms. The van der Waals surface area contributed by atoms with Crippen molar-refractivity contribution in [1.29, 1.82) is 0 Å². The molecule has 12 heteroatoms. The van der Waals surface area contributed by atoms with Gasteiger partial charge in [-0.2, -0.15) is 0 Å². The summed E-state index contributed by atoms with van der Waals surface area (Å²) in [5.74, 6) is 6.44. The Balaban J connectivity index is 0.894. The third-order valence-corrected chi connectivity index (χ3v) is 11.9. The lowest BCUT2D eigenvalue weighted by Gasteiger charge is -2.39. The minimum atomic E-state index is -0.884. The number of Topliss-reactive ketones (excluding diaryl/α,β-unsaturated/α-hetero) is 2. The van der Waals surface area contributed by atoms with Crippen LogP contribution in [0, 0.1) is 17.3 Å². The van der Waals surface area contributed by atoms with Crippen LogP contribution in [0.1, 0.15) is 70.4 Å². The second-order valence-electron chi connectivity index (χ2n) is 15.3. The van der Waals surface area contributed by atoms with Gasteiger partial charge in [0.2, 0.25) is 0 Å². The number of aryl methyl sites for hydroxylation is 1. The van der Waals surface area contributed by atoms with E-state index in [9.17, 15) is 24.0 Å². The van der Waals surface area contributed by atoms with E-state index >= 15 is 0 Å². The van der Waals surface area contributed by atoms with Gasteiger partial charge in [-0.1, -0.05) is 11.8 Å². The van der Waals surface area contributed by atoms with Gasteiger partial charge < -0.3 is 14.0 Å². The maximum Gasteiger partial charge on any atom is 0.262 e. The number of hydrogen-bond donors (Lipinski definition) is 0. The van der Waals surface area contributed by atoms with Crippen LogP contribution >= 0.6 is 0 Å².